The third kappa shape index (κ3) is 3.46. The fourth-order valence-corrected chi connectivity index (χ4v) is 0.967. The average Bonchev–Trinajstić information content (AvgIpc) is 2.30. The summed E-state index contributed by atoms with van der Waals surface area (Å²) in [5.74, 6) is -0.300. The van der Waals surface area contributed by atoms with Crippen LogP contribution < -0.4 is 4.74 Å². The Morgan fingerprint density at radius 1 is 1.31 bits per heavy atom. The van der Waals surface area contributed by atoms with Gasteiger partial charge in [0.1, 0.15) is 11.5 Å². The van der Waals surface area contributed by atoms with E-state index in [0.717, 1.165) is 0 Å². The molecule has 4 heteroatoms. The number of aromatic nitrogens is 2. The van der Waals surface area contributed by atoms with Crippen molar-refractivity contribution in [2.24, 2.45) is 0 Å². The van der Waals surface area contributed by atoms with Gasteiger partial charge in [-0.2, -0.15) is 0 Å². The summed E-state index contributed by atoms with van der Waals surface area (Å²) in [6.45, 7) is 12.6. The summed E-state index contributed by atoms with van der Waals surface area (Å²) in [4.78, 5) is 7.87. The number of rotatable bonds is 3. The van der Waals surface area contributed by atoms with Crippen LogP contribution in [0.5, 0.6) is 5.88 Å². The highest BCUT2D eigenvalue weighted by atomic mass is 19.1. The second kappa shape index (κ2) is 6.71. The van der Waals surface area contributed by atoms with Gasteiger partial charge >= 0.3 is 0 Å². The molecule has 0 spiro atoms. The third-order valence-electron chi connectivity index (χ3n) is 1.62. The second-order valence-corrected chi connectivity index (χ2v) is 2.79. The minimum Gasteiger partial charge on any atom is -0.480 e. The summed E-state index contributed by atoms with van der Waals surface area (Å²) in [5.41, 5.74) is 1.10. The lowest BCUT2D eigenvalue weighted by Crippen LogP contribution is -1.99. The fraction of sp³-hybridized carbons (Fsp3) is 0.333. The van der Waals surface area contributed by atoms with E-state index in [0.29, 0.717) is 17.1 Å². The number of allylic oxidation sites excluding steroid dienone is 1. The van der Waals surface area contributed by atoms with E-state index >= 15 is 0 Å². The highest BCUT2D eigenvalue weighted by molar-refractivity contribution is 5.69. The minimum atomic E-state index is -0.627. The zero-order valence-electron chi connectivity index (χ0n) is 10.2. The van der Waals surface area contributed by atoms with Gasteiger partial charge in [-0.3, -0.25) is 0 Å². The molecular weight excluding hydrogens is 207 g/mol. The number of hydrogen-bond donors (Lipinski definition) is 0. The van der Waals surface area contributed by atoms with Crippen LogP contribution in [0.3, 0.4) is 0 Å². The van der Waals surface area contributed by atoms with Crippen molar-refractivity contribution < 1.29 is 9.13 Å². The summed E-state index contributed by atoms with van der Waals surface area (Å²) in [7, 11) is 1.47. The van der Waals surface area contributed by atoms with Crippen LogP contribution in [0.2, 0.25) is 0 Å². The van der Waals surface area contributed by atoms with Gasteiger partial charge in [-0.25, -0.2) is 14.4 Å². The molecule has 1 rings (SSSR count). The molecule has 0 aliphatic rings. The summed E-state index contributed by atoms with van der Waals surface area (Å²) in [6.07, 6.45) is 1.34. The molecule has 0 atom stereocenters. The van der Waals surface area contributed by atoms with Crippen LogP contribution >= 0.6 is 0 Å². The molecule has 0 unspecified atom stereocenters. The van der Waals surface area contributed by atoms with E-state index in [1.807, 2.05) is 13.8 Å². The molecule has 0 N–H and O–H groups in total. The van der Waals surface area contributed by atoms with E-state index in [1.165, 1.54) is 13.3 Å². The van der Waals surface area contributed by atoms with Crippen LogP contribution in [0.25, 0.3) is 11.4 Å². The largest absolute Gasteiger partial charge is 0.480 e. The molecule has 3 nitrogen and oxygen atoms in total. The molecule has 16 heavy (non-hydrogen) atoms. The molecule has 0 saturated carbocycles. The molecular formula is C12H17FN2O. The number of nitrogens with zero attached hydrogens (tertiary/aromatic N) is 2. The maximum atomic E-state index is 12.9. The molecule has 0 amide bonds. The van der Waals surface area contributed by atoms with Crippen molar-refractivity contribution >= 4 is 11.4 Å². The van der Waals surface area contributed by atoms with Crippen LogP contribution in [-0.2, 0) is 0 Å². The molecule has 0 bridgehead atoms. The van der Waals surface area contributed by atoms with Gasteiger partial charge in [0.05, 0.1) is 19.0 Å². The smallest absolute Gasteiger partial charge is 0.232 e. The SMILES string of the molecule is C=C(C)c1nc(OC)cnc1C(=C)F.CC. The van der Waals surface area contributed by atoms with E-state index in [9.17, 15) is 4.39 Å². The lowest BCUT2D eigenvalue weighted by Gasteiger charge is -2.06. The third-order valence-corrected chi connectivity index (χ3v) is 1.62. The Hall–Kier alpha value is -1.71. The topological polar surface area (TPSA) is 35.0 Å². The molecule has 0 fully saturated rings. The van der Waals surface area contributed by atoms with Gasteiger partial charge < -0.3 is 4.74 Å². The molecule has 88 valence electrons. The first-order valence-electron chi connectivity index (χ1n) is 4.98. The maximum Gasteiger partial charge on any atom is 0.232 e. The van der Waals surface area contributed by atoms with Gasteiger partial charge in [-0.1, -0.05) is 27.0 Å². The summed E-state index contributed by atoms with van der Waals surface area (Å²) in [6, 6.07) is 0. The zero-order valence-corrected chi connectivity index (χ0v) is 10.2. The van der Waals surface area contributed by atoms with Gasteiger partial charge in [0.15, 0.2) is 0 Å². The Morgan fingerprint density at radius 2 is 1.88 bits per heavy atom. The fourth-order valence-electron chi connectivity index (χ4n) is 0.967. The predicted octanol–water partition coefficient (Wildman–Crippen LogP) is 3.48. The van der Waals surface area contributed by atoms with E-state index < -0.39 is 5.83 Å². The highest BCUT2D eigenvalue weighted by Crippen LogP contribution is 2.22. The van der Waals surface area contributed by atoms with Crippen LogP contribution in [-0.4, -0.2) is 17.1 Å². The standard InChI is InChI=1S/C10H11FN2O.C2H6/c1-6(2)9-10(7(3)11)12-5-8(13-9)14-4;1-2/h5H,1,3H2,2,4H3;1-2H3. The van der Waals surface area contributed by atoms with Crippen LogP contribution in [0.15, 0.2) is 19.4 Å². The van der Waals surface area contributed by atoms with Gasteiger partial charge in [0, 0.05) is 0 Å². The molecule has 0 radical (unpaired) electrons. The summed E-state index contributed by atoms with van der Waals surface area (Å²) < 4.78 is 17.8. The Morgan fingerprint density at radius 3 is 2.25 bits per heavy atom. The maximum absolute atomic E-state index is 12.9. The lowest BCUT2D eigenvalue weighted by atomic mass is 10.2. The number of hydrogen-bond acceptors (Lipinski definition) is 3. The molecule has 1 aromatic heterocycles. The Labute approximate surface area is 95.7 Å². The van der Waals surface area contributed by atoms with E-state index in [4.69, 9.17) is 4.74 Å². The monoisotopic (exact) mass is 224 g/mol. The zero-order chi connectivity index (χ0) is 12.7. The van der Waals surface area contributed by atoms with E-state index in [1.54, 1.807) is 6.92 Å². The Kier molecular flexibility index (Phi) is 6.00. The molecule has 1 heterocycles. The van der Waals surface area contributed by atoms with Crippen molar-refractivity contribution in [3.63, 3.8) is 0 Å². The lowest BCUT2D eigenvalue weighted by molar-refractivity contribution is 0.395. The average molecular weight is 224 g/mol. The molecule has 0 saturated heterocycles. The number of ether oxygens (including phenoxy) is 1. The molecule has 0 aliphatic carbocycles. The first kappa shape index (κ1) is 14.3. The van der Waals surface area contributed by atoms with Crippen LogP contribution in [0.1, 0.15) is 32.2 Å². The van der Waals surface area contributed by atoms with Gasteiger partial charge in [0.2, 0.25) is 5.88 Å². The number of halogens is 1. The van der Waals surface area contributed by atoms with Gasteiger partial charge in [-0.05, 0) is 12.5 Å². The van der Waals surface area contributed by atoms with Crippen molar-refractivity contribution in [3.05, 3.63) is 30.7 Å². The van der Waals surface area contributed by atoms with Crippen LogP contribution in [0.4, 0.5) is 4.39 Å². The first-order chi connectivity index (χ1) is 7.56. The van der Waals surface area contributed by atoms with Crippen LogP contribution in [0, 0.1) is 0 Å². The predicted molar refractivity (Wildman–Crippen MR) is 64.8 cm³/mol. The summed E-state index contributed by atoms with van der Waals surface area (Å²) >= 11 is 0. The molecule has 1 aromatic rings. The molecule has 0 aliphatic heterocycles. The van der Waals surface area contributed by atoms with Gasteiger partial charge in [-0.15, -0.1) is 0 Å². The molecule has 0 aromatic carbocycles. The highest BCUT2D eigenvalue weighted by Gasteiger charge is 2.11. The Balaban J connectivity index is 0.00000106. The minimum absolute atomic E-state index is 0.110. The van der Waals surface area contributed by atoms with E-state index in [2.05, 4.69) is 23.1 Å². The van der Waals surface area contributed by atoms with Crippen molar-refractivity contribution in [2.45, 2.75) is 20.8 Å². The van der Waals surface area contributed by atoms with Crippen molar-refractivity contribution in [2.75, 3.05) is 7.11 Å². The second-order valence-electron chi connectivity index (χ2n) is 2.79. The normalized spacial score (nSPS) is 8.81. The number of methoxy groups -OCH3 is 1. The van der Waals surface area contributed by atoms with Crippen molar-refractivity contribution in [1.29, 1.82) is 0 Å². The quantitative estimate of drug-likeness (QED) is 0.788. The Bertz CT molecular complexity index is 389. The summed E-state index contributed by atoms with van der Waals surface area (Å²) in [5, 5.41) is 0. The van der Waals surface area contributed by atoms with Gasteiger partial charge in [0.25, 0.3) is 0 Å². The van der Waals surface area contributed by atoms with Crippen molar-refractivity contribution in [3.8, 4) is 5.88 Å². The first-order valence-corrected chi connectivity index (χ1v) is 4.98. The van der Waals surface area contributed by atoms with E-state index in [-0.39, 0.29) is 5.69 Å². The van der Waals surface area contributed by atoms with Crippen molar-refractivity contribution in [1.82, 2.24) is 9.97 Å².